The summed E-state index contributed by atoms with van der Waals surface area (Å²) in [5.74, 6) is 0.0382. The summed E-state index contributed by atoms with van der Waals surface area (Å²) < 4.78 is 24.6. The molecule has 3 aromatic rings. The lowest BCUT2D eigenvalue weighted by molar-refractivity contribution is -0.0442. The van der Waals surface area contributed by atoms with Gasteiger partial charge in [-0.1, -0.05) is 0 Å². The highest BCUT2D eigenvalue weighted by atomic mass is 32.2. The highest BCUT2D eigenvalue weighted by Crippen LogP contribution is 2.41. The number of aromatic nitrogens is 4. The van der Waals surface area contributed by atoms with E-state index >= 15 is 0 Å². The Hall–Kier alpha value is -2.41. The number of hydrogen-bond donors (Lipinski definition) is 4. The van der Waals surface area contributed by atoms with Gasteiger partial charge >= 0.3 is 0 Å². The van der Waals surface area contributed by atoms with Crippen molar-refractivity contribution in [2.24, 2.45) is 5.92 Å². The largest absolute Gasteiger partial charge is 0.388 e. The molecule has 0 saturated heterocycles. The SMILES string of the molecule is Cc1nc(NC2CCC2)nc(NC2(O)CCC(CS(C)(=O)=O)C2O)c1-c1nc2c(C)nccc2s1. The minimum absolute atomic E-state index is 0.186. The first kappa shape index (κ1) is 24.3. The van der Waals surface area contributed by atoms with Gasteiger partial charge in [0.25, 0.3) is 0 Å². The van der Waals surface area contributed by atoms with E-state index in [1.54, 1.807) is 6.20 Å². The van der Waals surface area contributed by atoms with Gasteiger partial charge < -0.3 is 20.8 Å². The summed E-state index contributed by atoms with van der Waals surface area (Å²) in [6.45, 7) is 3.77. The predicted octanol–water partition coefficient (Wildman–Crippen LogP) is 2.65. The Morgan fingerprint density at radius 3 is 2.60 bits per heavy atom. The van der Waals surface area contributed by atoms with Crippen molar-refractivity contribution in [3.05, 3.63) is 23.7 Å². The Balaban J connectivity index is 1.55. The molecule has 0 aliphatic heterocycles. The average molecular weight is 519 g/mol. The fourth-order valence-electron chi connectivity index (χ4n) is 4.81. The van der Waals surface area contributed by atoms with Crippen molar-refractivity contribution in [1.82, 2.24) is 19.9 Å². The van der Waals surface area contributed by atoms with Crippen LogP contribution in [0.5, 0.6) is 0 Å². The van der Waals surface area contributed by atoms with E-state index in [-0.39, 0.29) is 12.2 Å². The lowest BCUT2D eigenvalue weighted by Gasteiger charge is -2.32. The zero-order valence-electron chi connectivity index (χ0n) is 19.9. The van der Waals surface area contributed by atoms with Crippen LogP contribution in [0.2, 0.25) is 0 Å². The van der Waals surface area contributed by atoms with Crippen LogP contribution in [0.25, 0.3) is 20.8 Å². The Bertz CT molecular complexity index is 1370. The molecular formula is C23H30N6O4S2. The molecule has 0 radical (unpaired) electrons. The van der Waals surface area contributed by atoms with Crippen LogP contribution >= 0.6 is 11.3 Å². The topological polar surface area (TPSA) is 150 Å². The summed E-state index contributed by atoms with van der Waals surface area (Å²) in [4.78, 5) is 18.5. The first-order valence-electron chi connectivity index (χ1n) is 11.8. The van der Waals surface area contributed by atoms with Gasteiger partial charge in [0.1, 0.15) is 32.3 Å². The molecule has 2 aliphatic rings. The number of anilines is 2. The molecule has 2 saturated carbocycles. The van der Waals surface area contributed by atoms with E-state index in [0.29, 0.717) is 40.5 Å². The normalized spacial score (nSPS) is 25.1. The Kier molecular flexibility index (Phi) is 6.19. The third-order valence-corrected chi connectivity index (χ3v) is 8.99. The number of fused-ring (bicyclic) bond motifs is 1. The number of hydrogen-bond acceptors (Lipinski definition) is 11. The summed E-state index contributed by atoms with van der Waals surface area (Å²) in [5.41, 5.74) is 1.19. The van der Waals surface area contributed by atoms with Crippen LogP contribution in [0.4, 0.5) is 11.8 Å². The van der Waals surface area contributed by atoms with Crippen molar-refractivity contribution in [1.29, 1.82) is 0 Å². The van der Waals surface area contributed by atoms with Crippen LogP contribution in [-0.2, 0) is 9.84 Å². The summed E-state index contributed by atoms with van der Waals surface area (Å²) in [5, 5.41) is 29.4. The Morgan fingerprint density at radius 2 is 1.94 bits per heavy atom. The molecular weight excluding hydrogens is 488 g/mol. The number of nitrogens with one attached hydrogen (secondary N) is 2. The van der Waals surface area contributed by atoms with Crippen LogP contribution in [0.3, 0.4) is 0 Å². The molecule has 3 unspecified atom stereocenters. The average Bonchev–Trinajstić information content (AvgIpc) is 3.27. The molecule has 5 rings (SSSR count). The van der Waals surface area contributed by atoms with Crippen LogP contribution in [-0.4, -0.2) is 68.4 Å². The number of rotatable bonds is 7. The summed E-state index contributed by atoms with van der Waals surface area (Å²) in [7, 11) is -3.31. The van der Waals surface area contributed by atoms with Gasteiger partial charge in [0, 0.05) is 24.4 Å². The van der Waals surface area contributed by atoms with Crippen molar-refractivity contribution in [2.75, 3.05) is 22.6 Å². The Labute approximate surface area is 208 Å². The number of aliphatic hydroxyl groups excluding tert-OH is 1. The van der Waals surface area contributed by atoms with Crippen LogP contribution in [0, 0.1) is 19.8 Å². The number of thiazole rings is 1. The minimum Gasteiger partial charge on any atom is -0.388 e. The fourth-order valence-corrected chi connectivity index (χ4v) is 7.05. The second kappa shape index (κ2) is 8.91. The standard InChI is InChI=1S/C23H30N6O4S2/c1-12-17(21-27-18-13(2)24-10-8-16(18)34-21)20(28-22(25-12)26-15-5-4-6-15)29-23(31)9-7-14(19(23)30)11-35(3,32)33/h8,10,14-15,19,30-31H,4-7,9,11H2,1-3H3,(H2,25,26,28,29). The molecule has 0 aromatic carbocycles. The number of pyridine rings is 1. The van der Waals surface area contributed by atoms with E-state index in [4.69, 9.17) is 9.97 Å². The molecule has 35 heavy (non-hydrogen) atoms. The highest BCUT2D eigenvalue weighted by Gasteiger charge is 2.48. The summed E-state index contributed by atoms with van der Waals surface area (Å²) in [6, 6.07) is 2.21. The minimum atomic E-state index is -3.31. The van der Waals surface area contributed by atoms with Gasteiger partial charge in [-0.3, -0.25) is 4.98 Å². The maximum Gasteiger partial charge on any atom is 0.225 e. The van der Waals surface area contributed by atoms with Gasteiger partial charge in [-0.05, 0) is 52.0 Å². The number of nitrogens with zero attached hydrogens (tertiary/aromatic N) is 4. The lowest BCUT2D eigenvalue weighted by atomic mass is 9.93. The van der Waals surface area contributed by atoms with Gasteiger partial charge in [0.15, 0.2) is 5.72 Å². The zero-order chi connectivity index (χ0) is 25.0. The molecule has 3 atom stereocenters. The van der Waals surface area contributed by atoms with Crippen molar-refractivity contribution in [3.63, 3.8) is 0 Å². The number of sulfone groups is 1. The molecule has 2 fully saturated rings. The summed E-state index contributed by atoms with van der Waals surface area (Å²) >= 11 is 1.48. The van der Waals surface area contributed by atoms with E-state index in [1.807, 2.05) is 19.9 Å². The highest BCUT2D eigenvalue weighted by molar-refractivity contribution is 7.90. The smallest absolute Gasteiger partial charge is 0.225 e. The van der Waals surface area contributed by atoms with Gasteiger partial charge in [-0.25, -0.2) is 18.4 Å². The van der Waals surface area contributed by atoms with Gasteiger partial charge in [0.2, 0.25) is 5.95 Å². The molecule has 10 nitrogen and oxygen atoms in total. The maximum atomic E-state index is 11.8. The molecule has 2 aliphatic carbocycles. The molecule has 3 heterocycles. The molecule has 0 amide bonds. The van der Waals surface area contributed by atoms with E-state index in [0.717, 1.165) is 41.4 Å². The molecule has 0 bridgehead atoms. The predicted molar refractivity (Wildman–Crippen MR) is 136 cm³/mol. The maximum absolute atomic E-state index is 11.8. The lowest BCUT2D eigenvalue weighted by Crippen LogP contribution is -2.48. The van der Waals surface area contributed by atoms with Crippen LogP contribution in [0.15, 0.2) is 12.3 Å². The molecule has 188 valence electrons. The van der Waals surface area contributed by atoms with E-state index in [9.17, 15) is 18.6 Å². The third-order valence-electron chi connectivity index (χ3n) is 6.92. The first-order chi connectivity index (χ1) is 16.5. The van der Waals surface area contributed by atoms with Crippen LogP contribution < -0.4 is 10.6 Å². The van der Waals surface area contributed by atoms with E-state index in [1.165, 1.54) is 11.3 Å². The molecule has 4 N–H and O–H groups in total. The van der Waals surface area contributed by atoms with Gasteiger partial charge in [-0.2, -0.15) is 4.98 Å². The molecule has 12 heteroatoms. The van der Waals surface area contributed by atoms with Crippen molar-refractivity contribution in [3.8, 4) is 10.6 Å². The third kappa shape index (κ3) is 4.84. The van der Waals surface area contributed by atoms with Crippen LogP contribution in [0.1, 0.15) is 43.5 Å². The van der Waals surface area contributed by atoms with Gasteiger partial charge in [0.05, 0.1) is 27.4 Å². The zero-order valence-corrected chi connectivity index (χ0v) is 21.6. The van der Waals surface area contributed by atoms with E-state index in [2.05, 4.69) is 20.6 Å². The summed E-state index contributed by atoms with van der Waals surface area (Å²) in [6.07, 6.45) is 5.42. The quantitative estimate of drug-likeness (QED) is 0.344. The molecule has 0 spiro atoms. The monoisotopic (exact) mass is 518 g/mol. The van der Waals surface area contributed by atoms with Crippen molar-refractivity contribution < 1.29 is 18.6 Å². The Morgan fingerprint density at radius 1 is 1.17 bits per heavy atom. The number of aryl methyl sites for hydroxylation is 2. The molecule has 3 aromatic heterocycles. The van der Waals surface area contributed by atoms with E-state index < -0.39 is 27.6 Å². The fraction of sp³-hybridized carbons (Fsp3) is 0.565. The van der Waals surface area contributed by atoms with Crippen molar-refractivity contribution >= 4 is 43.2 Å². The number of aliphatic hydroxyl groups is 2. The second-order valence-electron chi connectivity index (χ2n) is 9.78. The van der Waals surface area contributed by atoms with Gasteiger partial charge in [-0.15, -0.1) is 11.3 Å². The second-order valence-corrected chi connectivity index (χ2v) is 13.0. The first-order valence-corrected chi connectivity index (χ1v) is 14.6. The van der Waals surface area contributed by atoms with Crippen molar-refractivity contribution in [2.45, 2.75) is 63.8 Å².